The SMILES string of the molecule is Cc1cc2c(n1C1CCc3ccccc3C1)CCCC2O. The van der Waals surface area contributed by atoms with Crippen molar-refractivity contribution in [2.45, 2.75) is 57.6 Å². The first-order valence-electron chi connectivity index (χ1n) is 8.19. The van der Waals surface area contributed by atoms with Crippen molar-refractivity contribution in [1.82, 2.24) is 4.57 Å². The molecule has 0 saturated heterocycles. The molecular weight excluding hydrogens is 258 g/mol. The van der Waals surface area contributed by atoms with E-state index in [9.17, 15) is 5.11 Å². The van der Waals surface area contributed by atoms with Gasteiger partial charge in [-0.05, 0) is 62.6 Å². The van der Waals surface area contributed by atoms with Gasteiger partial charge in [-0.25, -0.2) is 0 Å². The van der Waals surface area contributed by atoms with Gasteiger partial charge in [-0.3, -0.25) is 0 Å². The number of aliphatic hydroxyl groups is 1. The molecule has 21 heavy (non-hydrogen) atoms. The first kappa shape index (κ1) is 13.1. The largest absolute Gasteiger partial charge is 0.388 e. The zero-order valence-electron chi connectivity index (χ0n) is 12.7. The van der Waals surface area contributed by atoms with E-state index in [-0.39, 0.29) is 6.10 Å². The first-order valence-corrected chi connectivity index (χ1v) is 8.19. The lowest BCUT2D eigenvalue weighted by molar-refractivity contribution is 0.155. The Kier molecular flexibility index (Phi) is 3.15. The van der Waals surface area contributed by atoms with Crippen LogP contribution in [0.15, 0.2) is 30.3 Å². The van der Waals surface area contributed by atoms with Crippen LogP contribution in [0, 0.1) is 6.92 Å². The van der Waals surface area contributed by atoms with Crippen molar-refractivity contribution in [2.75, 3.05) is 0 Å². The van der Waals surface area contributed by atoms with Crippen LogP contribution in [0.4, 0.5) is 0 Å². The fraction of sp³-hybridized carbons (Fsp3) is 0.474. The molecule has 2 aromatic rings. The van der Waals surface area contributed by atoms with Crippen molar-refractivity contribution < 1.29 is 5.11 Å². The summed E-state index contributed by atoms with van der Waals surface area (Å²) in [4.78, 5) is 0. The zero-order chi connectivity index (χ0) is 14.4. The maximum Gasteiger partial charge on any atom is 0.0807 e. The molecular formula is C19H23NO. The maximum atomic E-state index is 10.2. The standard InChI is InChI=1S/C19H23NO/c1-13-11-17-18(7-4-8-19(17)21)20(13)16-10-9-14-5-2-3-6-15(14)12-16/h2-3,5-6,11,16,19,21H,4,7-10,12H2,1H3. The van der Waals surface area contributed by atoms with E-state index in [2.05, 4.69) is 41.8 Å². The molecule has 0 spiro atoms. The number of aliphatic hydroxyl groups excluding tert-OH is 1. The third kappa shape index (κ3) is 2.13. The molecule has 1 aromatic carbocycles. The minimum Gasteiger partial charge on any atom is -0.388 e. The van der Waals surface area contributed by atoms with Crippen LogP contribution in [0.1, 0.15) is 59.5 Å². The molecule has 2 unspecified atom stereocenters. The van der Waals surface area contributed by atoms with Gasteiger partial charge in [0.25, 0.3) is 0 Å². The predicted octanol–water partition coefficient (Wildman–Crippen LogP) is 3.90. The third-order valence-corrected chi connectivity index (χ3v) is 5.30. The Morgan fingerprint density at radius 2 is 1.90 bits per heavy atom. The van der Waals surface area contributed by atoms with Crippen LogP contribution in [-0.4, -0.2) is 9.67 Å². The highest BCUT2D eigenvalue weighted by Crippen LogP contribution is 2.37. The van der Waals surface area contributed by atoms with E-state index in [0.717, 1.165) is 25.7 Å². The van der Waals surface area contributed by atoms with Gasteiger partial charge in [-0.1, -0.05) is 24.3 Å². The lowest BCUT2D eigenvalue weighted by atomic mass is 9.87. The van der Waals surface area contributed by atoms with Crippen LogP contribution in [0.25, 0.3) is 0 Å². The molecule has 2 nitrogen and oxygen atoms in total. The van der Waals surface area contributed by atoms with Crippen LogP contribution < -0.4 is 0 Å². The molecule has 2 heteroatoms. The molecule has 0 amide bonds. The summed E-state index contributed by atoms with van der Waals surface area (Å²) in [6.07, 6.45) is 6.44. The molecule has 4 rings (SSSR count). The molecule has 0 bridgehead atoms. The van der Waals surface area contributed by atoms with E-state index in [1.54, 1.807) is 0 Å². The van der Waals surface area contributed by atoms with Gasteiger partial charge in [0.15, 0.2) is 0 Å². The minimum absolute atomic E-state index is 0.246. The Morgan fingerprint density at radius 1 is 1.10 bits per heavy atom. The van der Waals surface area contributed by atoms with Gasteiger partial charge in [-0.2, -0.15) is 0 Å². The van der Waals surface area contributed by atoms with Crippen molar-refractivity contribution in [3.8, 4) is 0 Å². The predicted molar refractivity (Wildman–Crippen MR) is 84.6 cm³/mol. The summed E-state index contributed by atoms with van der Waals surface area (Å²) in [7, 11) is 0. The zero-order valence-corrected chi connectivity index (χ0v) is 12.7. The van der Waals surface area contributed by atoms with Gasteiger partial charge in [0.05, 0.1) is 6.10 Å². The van der Waals surface area contributed by atoms with Gasteiger partial charge in [0.1, 0.15) is 0 Å². The van der Waals surface area contributed by atoms with E-state index in [4.69, 9.17) is 0 Å². The van der Waals surface area contributed by atoms with Gasteiger partial charge < -0.3 is 9.67 Å². The van der Waals surface area contributed by atoms with E-state index < -0.39 is 0 Å². The van der Waals surface area contributed by atoms with Gasteiger partial charge in [0, 0.05) is 23.0 Å². The highest BCUT2D eigenvalue weighted by atomic mass is 16.3. The Morgan fingerprint density at radius 3 is 2.76 bits per heavy atom. The smallest absolute Gasteiger partial charge is 0.0807 e. The maximum absolute atomic E-state index is 10.2. The van der Waals surface area contributed by atoms with E-state index in [1.165, 1.54) is 40.9 Å². The van der Waals surface area contributed by atoms with Crippen molar-refractivity contribution in [3.05, 3.63) is 58.4 Å². The molecule has 0 aliphatic heterocycles. The number of aryl methyl sites for hydroxylation is 2. The third-order valence-electron chi connectivity index (χ3n) is 5.30. The highest BCUT2D eigenvalue weighted by molar-refractivity contribution is 5.35. The van der Waals surface area contributed by atoms with Gasteiger partial charge in [0.2, 0.25) is 0 Å². The number of aromatic nitrogens is 1. The Balaban J connectivity index is 1.72. The molecule has 1 heterocycles. The molecule has 0 saturated carbocycles. The second-order valence-electron chi connectivity index (χ2n) is 6.63. The number of nitrogens with zero attached hydrogens (tertiary/aromatic N) is 1. The summed E-state index contributed by atoms with van der Waals surface area (Å²) in [6, 6.07) is 11.6. The van der Waals surface area contributed by atoms with E-state index in [0.29, 0.717) is 6.04 Å². The lowest BCUT2D eigenvalue weighted by Crippen LogP contribution is -2.22. The summed E-state index contributed by atoms with van der Waals surface area (Å²) in [5.41, 5.74) is 6.94. The molecule has 2 aliphatic carbocycles. The average molecular weight is 281 g/mol. The summed E-state index contributed by atoms with van der Waals surface area (Å²) >= 11 is 0. The van der Waals surface area contributed by atoms with Gasteiger partial charge >= 0.3 is 0 Å². The monoisotopic (exact) mass is 281 g/mol. The van der Waals surface area contributed by atoms with E-state index >= 15 is 0 Å². The van der Waals surface area contributed by atoms with E-state index in [1.807, 2.05) is 0 Å². The number of fused-ring (bicyclic) bond motifs is 2. The summed E-state index contributed by atoms with van der Waals surface area (Å²) in [5.74, 6) is 0. The van der Waals surface area contributed by atoms with Crippen molar-refractivity contribution >= 4 is 0 Å². The Bertz CT molecular complexity index is 670. The number of rotatable bonds is 1. The molecule has 1 N–H and O–H groups in total. The quantitative estimate of drug-likeness (QED) is 0.842. The van der Waals surface area contributed by atoms with Crippen LogP contribution in [0.2, 0.25) is 0 Å². The summed E-state index contributed by atoms with van der Waals surface area (Å²) < 4.78 is 2.54. The number of hydrogen-bond acceptors (Lipinski definition) is 1. The van der Waals surface area contributed by atoms with Crippen LogP contribution in [-0.2, 0) is 19.3 Å². The highest BCUT2D eigenvalue weighted by Gasteiger charge is 2.28. The Hall–Kier alpha value is -1.54. The van der Waals surface area contributed by atoms with Crippen LogP contribution >= 0.6 is 0 Å². The second kappa shape index (κ2) is 5.03. The lowest BCUT2D eigenvalue weighted by Gasteiger charge is -2.30. The molecule has 2 aliphatic rings. The van der Waals surface area contributed by atoms with Crippen LogP contribution in [0.3, 0.4) is 0 Å². The first-order chi connectivity index (χ1) is 10.2. The molecule has 0 fully saturated rings. The number of hydrogen-bond donors (Lipinski definition) is 1. The normalized spacial score (nSPS) is 24.5. The van der Waals surface area contributed by atoms with Crippen molar-refractivity contribution in [2.24, 2.45) is 0 Å². The topological polar surface area (TPSA) is 25.2 Å². The van der Waals surface area contributed by atoms with Crippen molar-refractivity contribution in [3.63, 3.8) is 0 Å². The fourth-order valence-corrected chi connectivity index (χ4v) is 4.31. The average Bonchev–Trinajstić information content (AvgIpc) is 2.84. The van der Waals surface area contributed by atoms with Gasteiger partial charge in [-0.15, -0.1) is 0 Å². The Labute approximate surface area is 126 Å². The van der Waals surface area contributed by atoms with Crippen molar-refractivity contribution in [1.29, 1.82) is 0 Å². The fourth-order valence-electron chi connectivity index (χ4n) is 4.31. The molecule has 0 radical (unpaired) electrons. The molecule has 1 aromatic heterocycles. The number of benzene rings is 1. The molecule has 110 valence electrons. The minimum atomic E-state index is -0.246. The van der Waals surface area contributed by atoms with Crippen LogP contribution in [0.5, 0.6) is 0 Å². The second-order valence-corrected chi connectivity index (χ2v) is 6.63. The molecule has 2 atom stereocenters. The summed E-state index contributed by atoms with van der Waals surface area (Å²) in [5, 5.41) is 10.2. The summed E-state index contributed by atoms with van der Waals surface area (Å²) in [6.45, 7) is 2.20.